The molecule has 0 saturated carbocycles. The van der Waals surface area contributed by atoms with Crippen LogP contribution >= 0.6 is 12.2 Å². The molecule has 2 amide bonds. The van der Waals surface area contributed by atoms with E-state index in [1.165, 1.54) is 6.92 Å². The van der Waals surface area contributed by atoms with Crippen molar-refractivity contribution in [3.05, 3.63) is 0 Å². The number of carbonyl (C=O) groups excluding carboxylic acids is 2. The van der Waals surface area contributed by atoms with Gasteiger partial charge in [0.25, 0.3) is 0 Å². The SMILES string of the molecule is CCCC(CCC)(C(=O)N1CCC(NC(C)=O)C1)C(N)=S. The topological polar surface area (TPSA) is 75.4 Å². The summed E-state index contributed by atoms with van der Waals surface area (Å²) >= 11 is 5.23. The van der Waals surface area contributed by atoms with Gasteiger partial charge in [-0.2, -0.15) is 0 Å². The first kappa shape index (κ1) is 17.9. The van der Waals surface area contributed by atoms with Gasteiger partial charge < -0.3 is 16.0 Å². The maximum absolute atomic E-state index is 13.0. The lowest BCUT2D eigenvalue weighted by Gasteiger charge is -2.35. The van der Waals surface area contributed by atoms with Crippen molar-refractivity contribution < 1.29 is 9.59 Å². The fourth-order valence-corrected chi connectivity index (χ4v) is 3.49. The Bertz CT molecular complexity index is 406. The highest BCUT2D eigenvalue weighted by Gasteiger charge is 2.44. The van der Waals surface area contributed by atoms with Crippen LogP contribution in [0.15, 0.2) is 0 Å². The quantitative estimate of drug-likeness (QED) is 0.700. The number of likely N-dealkylation sites (tertiary alicyclic amines) is 1. The first-order valence-corrected chi connectivity index (χ1v) is 8.14. The molecule has 0 radical (unpaired) electrons. The Balaban J connectivity index is 2.86. The fraction of sp³-hybridized carbons (Fsp3) is 0.800. The van der Waals surface area contributed by atoms with E-state index >= 15 is 0 Å². The van der Waals surface area contributed by atoms with Gasteiger partial charge >= 0.3 is 0 Å². The number of rotatable bonds is 7. The maximum Gasteiger partial charge on any atom is 0.235 e. The number of amides is 2. The number of carbonyl (C=O) groups is 2. The van der Waals surface area contributed by atoms with E-state index in [-0.39, 0.29) is 17.9 Å². The van der Waals surface area contributed by atoms with Crippen LogP contribution in [0.3, 0.4) is 0 Å². The molecule has 120 valence electrons. The first-order valence-electron chi connectivity index (χ1n) is 7.73. The molecule has 5 nitrogen and oxygen atoms in total. The van der Waals surface area contributed by atoms with E-state index in [1.54, 1.807) is 0 Å². The molecule has 1 heterocycles. The molecule has 0 aromatic rings. The van der Waals surface area contributed by atoms with Crippen molar-refractivity contribution in [1.82, 2.24) is 10.2 Å². The van der Waals surface area contributed by atoms with Crippen LogP contribution in [0.5, 0.6) is 0 Å². The van der Waals surface area contributed by atoms with Crippen molar-refractivity contribution in [2.24, 2.45) is 11.1 Å². The van der Waals surface area contributed by atoms with Crippen molar-refractivity contribution in [1.29, 1.82) is 0 Å². The van der Waals surface area contributed by atoms with E-state index in [0.717, 1.165) is 19.3 Å². The molecule has 1 unspecified atom stereocenters. The Hall–Kier alpha value is -1.17. The Labute approximate surface area is 132 Å². The van der Waals surface area contributed by atoms with Crippen LogP contribution in [0, 0.1) is 5.41 Å². The van der Waals surface area contributed by atoms with E-state index in [1.807, 2.05) is 18.7 Å². The molecule has 0 bridgehead atoms. The summed E-state index contributed by atoms with van der Waals surface area (Å²) in [5.74, 6) is -0.0245. The number of nitrogens with zero attached hydrogens (tertiary/aromatic N) is 1. The highest BCUT2D eigenvalue weighted by Crippen LogP contribution is 2.34. The van der Waals surface area contributed by atoms with Crippen molar-refractivity contribution >= 4 is 29.0 Å². The first-order chi connectivity index (χ1) is 9.87. The van der Waals surface area contributed by atoms with E-state index in [9.17, 15) is 9.59 Å². The summed E-state index contributed by atoms with van der Waals surface area (Å²) in [4.78, 5) is 26.2. The Morgan fingerprint density at radius 1 is 1.33 bits per heavy atom. The van der Waals surface area contributed by atoms with Gasteiger partial charge in [0.15, 0.2) is 0 Å². The van der Waals surface area contributed by atoms with E-state index in [0.29, 0.717) is 30.9 Å². The molecule has 0 aromatic carbocycles. The van der Waals surface area contributed by atoms with E-state index in [2.05, 4.69) is 5.32 Å². The smallest absolute Gasteiger partial charge is 0.235 e. The predicted molar refractivity (Wildman–Crippen MR) is 87.8 cm³/mol. The predicted octanol–water partition coefficient (Wildman–Crippen LogP) is 1.60. The molecular formula is C15H27N3O2S. The Kier molecular flexibility index (Phi) is 6.58. The lowest BCUT2D eigenvalue weighted by Crippen LogP contribution is -2.50. The molecule has 1 aliphatic rings. The van der Waals surface area contributed by atoms with Gasteiger partial charge in [-0.1, -0.05) is 38.9 Å². The van der Waals surface area contributed by atoms with Gasteiger partial charge in [0.1, 0.15) is 0 Å². The van der Waals surface area contributed by atoms with Gasteiger partial charge in [0.05, 0.1) is 10.4 Å². The average molecular weight is 313 g/mol. The summed E-state index contributed by atoms with van der Waals surface area (Å²) in [6.07, 6.45) is 3.90. The summed E-state index contributed by atoms with van der Waals surface area (Å²) < 4.78 is 0. The van der Waals surface area contributed by atoms with Crippen LogP contribution in [-0.2, 0) is 9.59 Å². The molecule has 1 atom stereocenters. The molecule has 1 rings (SSSR count). The second-order valence-corrected chi connectivity index (χ2v) is 6.32. The van der Waals surface area contributed by atoms with E-state index in [4.69, 9.17) is 18.0 Å². The average Bonchev–Trinajstić information content (AvgIpc) is 2.84. The van der Waals surface area contributed by atoms with Crippen LogP contribution in [0.1, 0.15) is 52.9 Å². The second-order valence-electron chi connectivity index (χ2n) is 5.88. The zero-order chi connectivity index (χ0) is 16.0. The van der Waals surface area contributed by atoms with Gasteiger partial charge in [-0.25, -0.2) is 0 Å². The van der Waals surface area contributed by atoms with Crippen molar-refractivity contribution in [3.8, 4) is 0 Å². The van der Waals surface area contributed by atoms with Crippen LogP contribution in [-0.4, -0.2) is 40.8 Å². The summed E-state index contributed by atoms with van der Waals surface area (Å²) in [5, 5.41) is 2.87. The zero-order valence-corrected chi connectivity index (χ0v) is 14.1. The molecule has 0 aliphatic carbocycles. The van der Waals surface area contributed by atoms with Gasteiger partial charge in [-0.05, 0) is 19.3 Å². The van der Waals surface area contributed by atoms with Crippen LogP contribution in [0.4, 0.5) is 0 Å². The van der Waals surface area contributed by atoms with Gasteiger partial charge in [0, 0.05) is 26.1 Å². The lowest BCUT2D eigenvalue weighted by atomic mass is 9.77. The summed E-state index contributed by atoms with van der Waals surface area (Å²) in [5.41, 5.74) is 5.22. The molecule has 1 fully saturated rings. The largest absolute Gasteiger partial charge is 0.392 e. The van der Waals surface area contributed by atoms with Crippen LogP contribution in [0.25, 0.3) is 0 Å². The summed E-state index contributed by atoms with van der Waals surface area (Å²) in [6.45, 7) is 6.79. The van der Waals surface area contributed by atoms with Crippen LogP contribution in [0.2, 0.25) is 0 Å². The second kappa shape index (κ2) is 7.73. The normalized spacial score (nSPS) is 18.6. The van der Waals surface area contributed by atoms with Gasteiger partial charge in [0.2, 0.25) is 11.8 Å². The Morgan fingerprint density at radius 3 is 2.33 bits per heavy atom. The third-order valence-corrected chi connectivity index (χ3v) is 4.51. The monoisotopic (exact) mass is 313 g/mol. The van der Waals surface area contributed by atoms with Crippen LogP contribution < -0.4 is 11.1 Å². The molecule has 3 N–H and O–H groups in total. The van der Waals surface area contributed by atoms with Gasteiger partial charge in [-0.15, -0.1) is 0 Å². The Morgan fingerprint density at radius 2 is 1.90 bits per heavy atom. The van der Waals surface area contributed by atoms with Crippen molar-refractivity contribution in [2.75, 3.05) is 13.1 Å². The lowest BCUT2D eigenvalue weighted by molar-refractivity contribution is -0.138. The molecule has 1 saturated heterocycles. The fourth-order valence-electron chi connectivity index (χ4n) is 3.20. The number of hydrogen-bond acceptors (Lipinski definition) is 3. The number of hydrogen-bond donors (Lipinski definition) is 2. The molecule has 0 aromatic heterocycles. The molecule has 0 spiro atoms. The summed E-state index contributed by atoms with van der Waals surface area (Å²) in [7, 11) is 0. The molecular weight excluding hydrogens is 286 g/mol. The molecule has 1 aliphatic heterocycles. The van der Waals surface area contributed by atoms with Gasteiger partial charge in [-0.3, -0.25) is 9.59 Å². The van der Waals surface area contributed by atoms with E-state index < -0.39 is 5.41 Å². The summed E-state index contributed by atoms with van der Waals surface area (Å²) in [6, 6.07) is 0.0405. The standard InChI is InChI=1S/C15H27N3O2S/c1-4-7-15(8-5-2,13(16)21)14(20)18-9-6-12(10-18)17-11(3)19/h12H,4-10H2,1-3H3,(H2,16,21)(H,17,19). The minimum absolute atomic E-state index is 0.0338. The minimum Gasteiger partial charge on any atom is -0.392 e. The zero-order valence-electron chi connectivity index (χ0n) is 13.3. The number of nitrogens with two attached hydrogens (primary N) is 1. The highest BCUT2D eigenvalue weighted by molar-refractivity contribution is 7.80. The highest BCUT2D eigenvalue weighted by atomic mass is 32.1. The minimum atomic E-state index is -0.718. The van der Waals surface area contributed by atoms with Crippen molar-refractivity contribution in [2.45, 2.75) is 58.9 Å². The maximum atomic E-state index is 13.0. The number of nitrogens with one attached hydrogen (secondary N) is 1. The van der Waals surface area contributed by atoms with Crippen molar-refractivity contribution in [3.63, 3.8) is 0 Å². The molecule has 21 heavy (non-hydrogen) atoms. The number of thiocarbonyl (C=S) groups is 1. The third-order valence-electron chi connectivity index (χ3n) is 4.12. The third kappa shape index (κ3) is 4.15. The molecule has 6 heteroatoms.